The van der Waals surface area contributed by atoms with Crippen molar-refractivity contribution in [2.24, 2.45) is 7.05 Å². The lowest BCUT2D eigenvalue weighted by atomic mass is 10.2. The van der Waals surface area contributed by atoms with Crippen LogP contribution in [0, 0.1) is 0 Å². The Labute approximate surface area is 123 Å². The van der Waals surface area contributed by atoms with Gasteiger partial charge in [-0.25, -0.2) is 0 Å². The molecule has 0 fully saturated rings. The van der Waals surface area contributed by atoms with Crippen molar-refractivity contribution < 1.29 is 4.79 Å². The summed E-state index contributed by atoms with van der Waals surface area (Å²) in [7, 11) is 1.80. The molecule has 1 aromatic carbocycles. The lowest BCUT2D eigenvalue weighted by Gasteiger charge is -2.06. The number of para-hydroxylation sites is 1. The zero-order valence-electron chi connectivity index (χ0n) is 12.0. The average molecular weight is 282 g/mol. The van der Waals surface area contributed by atoms with E-state index in [1.54, 1.807) is 24.1 Å². The summed E-state index contributed by atoms with van der Waals surface area (Å²) in [5.74, 6) is -0.0690. The summed E-state index contributed by atoms with van der Waals surface area (Å²) in [6.45, 7) is 1.54. The average Bonchev–Trinajstić information content (AvgIpc) is 3.10. The Kier molecular flexibility index (Phi) is 3.73. The quantitative estimate of drug-likeness (QED) is 0.729. The molecule has 0 radical (unpaired) electrons. The number of fused-ring (bicyclic) bond motifs is 1. The molecule has 0 aliphatic heterocycles. The van der Waals surface area contributed by atoms with Gasteiger partial charge in [0.05, 0.1) is 11.8 Å². The molecule has 2 heterocycles. The maximum Gasteiger partial charge on any atom is 0.254 e. The molecule has 0 atom stereocenters. The van der Waals surface area contributed by atoms with Gasteiger partial charge in [0, 0.05) is 38.0 Å². The summed E-state index contributed by atoms with van der Waals surface area (Å²) in [6, 6.07) is 10.4. The van der Waals surface area contributed by atoms with E-state index in [1.807, 2.05) is 12.1 Å². The summed E-state index contributed by atoms with van der Waals surface area (Å²) in [5, 5.41) is 8.16. The van der Waals surface area contributed by atoms with Crippen molar-refractivity contribution in [1.29, 1.82) is 0 Å². The van der Waals surface area contributed by atoms with Crippen LogP contribution in [0.25, 0.3) is 10.9 Å². The topological polar surface area (TPSA) is 51.9 Å². The molecule has 0 spiro atoms. The fourth-order valence-electron chi connectivity index (χ4n) is 2.43. The van der Waals surface area contributed by atoms with Gasteiger partial charge in [0.1, 0.15) is 0 Å². The van der Waals surface area contributed by atoms with Crippen molar-refractivity contribution in [2.45, 2.75) is 13.0 Å². The first-order valence-electron chi connectivity index (χ1n) is 7.05. The van der Waals surface area contributed by atoms with Gasteiger partial charge in [0.15, 0.2) is 0 Å². The van der Waals surface area contributed by atoms with Gasteiger partial charge in [0.25, 0.3) is 5.91 Å². The molecule has 0 unspecified atom stereocenters. The molecule has 5 nitrogen and oxygen atoms in total. The Morgan fingerprint density at radius 2 is 2.14 bits per heavy atom. The number of carbonyl (C=O) groups is 1. The number of aromatic nitrogens is 3. The second-order valence-corrected chi connectivity index (χ2v) is 5.08. The second kappa shape index (κ2) is 5.83. The van der Waals surface area contributed by atoms with Crippen LogP contribution in [0.2, 0.25) is 0 Å². The zero-order chi connectivity index (χ0) is 14.7. The number of amides is 1. The first-order chi connectivity index (χ1) is 10.2. The lowest BCUT2D eigenvalue weighted by molar-refractivity contribution is 0.0952. The standard InChI is InChI=1S/C16H18N4O/c1-19-12-14(11-18-19)16(21)17-8-4-9-20-10-7-13-5-2-3-6-15(13)20/h2-3,5-7,10-12H,4,8-9H2,1H3,(H,17,21). The Hall–Kier alpha value is -2.56. The predicted octanol–water partition coefficient (Wildman–Crippen LogP) is 2.19. The number of hydrogen-bond acceptors (Lipinski definition) is 2. The van der Waals surface area contributed by atoms with E-state index in [9.17, 15) is 4.79 Å². The summed E-state index contributed by atoms with van der Waals surface area (Å²) in [5.41, 5.74) is 1.83. The molecular weight excluding hydrogens is 264 g/mol. The van der Waals surface area contributed by atoms with Crippen LogP contribution >= 0.6 is 0 Å². The summed E-state index contributed by atoms with van der Waals surface area (Å²) >= 11 is 0. The Balaban J connectivity index is 1.51. The summed E-state index contributed by atoms with van der Waals surface area (Å²) in [4.78, 5) is 11.9. The monoisotopic (exact) mass is 282 g/mol. The maximum absolute atomic E-state index is 11.9. The summed E-state index contributed by atoms with van der Waals surface area (Å²) in [6.07, 6.45) is 6.28. The first kappa shape index (κ1) is 13.4. The van der Waals surface area contributed by atoms with E-state index in [1.165, 1.54) is 10.9 Å². The fourth-order valence-corrected chi connectivity index (χ4v) is 2.43. The number of benzene rings is 1. The van der Waals surface area contributed by atoms with Gasteiger partial charge in [-0.2, -0.15) is 5.10 Å². The van der Waals surface area contributed by atoms with Crippen LogP contribution in [0.5, 0.6) is 0 Å². The minimum absolute atomic E-state index is 0.0690. The number of rotatable bonds is 5. The van der Waals surface area contributed by atoms with Gasteiger partial charge in [-0.05, 0) is 23.9 Å². The van der Waals surface area contributed by atoms with E-state index in [4.69, 9.17) is 0 Å². The molecule has 0 saturated carbocycles. The third-order valence-corrected chi connectivity index (χ3v) is 3.51. The van der Waals surface area contributed by atoms with Crippen molar-refractivity contribution in [3.8, 4) is 0 Å². The molecule has 3 aromatic rings. The number of nitrogens with zero attached hydrogens (tertiary/aromatic N) is 3. The van der Waals surface area contributed by atoms with Crippen LogP contribution in [-0.2, 0) is 13.6 Å². The number of hydrogen-bond donors (Lipinski definition) is 1. The van der Waals surface area contributed by atoms with Gasteiger partial charge < -0.3 is 9.88 Å². The van der Waals surface area contributed by atoms with Crippen molar-refractivity contribution >= 4 is 16.8 Å². The van der Waals surface area contributed by atoms with E-state index >= 15 is 0 Å². The molecule has 0 aliphatic rings. The van der Waals surface area contributed by atoms with Crippen LogP contribution in [0.4, 0.5) is 0 Å². The van der Waals surface area contributed by atoms with Crippen LogP contribution in [0.3, 0.4) is 0 Å². The van der Waals surface area contributed by atoms with Gasteiger partial charge in [0.2, 0.25) is 0 Å². The highest BCUT2D eigenvalue weighted by Crippen LogP contribution is 2.15. The molecule has 2 aromatic heterocycles. The normalized spacial score (nSPS) is 10.9. The van der Waals surface area contributed by atoms with Crippen LogP contribution in [0.15, 0.2) is 48.9 Å². The SMILES string of the molecule is Cn1cc(C(=O)NCCCn2ccc3ccccc32)cn1. The van der Waals surface area contributed by atoms with Gasteiger partial charge in [-0.15, -0.1) is 0 Å². The van der Waals surface area contributed by atoms with Crippen molar-refractivity contribution in [3.05, 3.63) is 54.5 Å². The van der Waals surface area contributed by atoms with Crippen LogP contribution in [-0.4, -0.2) is 26.8 Å². The number of aryl methyl sites for hydroxylation is 2. The smallest absolute Gasteiger partial charge is 0.254 e. The van der Waals surface area contributed by atoms with E-state index in [0.29, 0.717) is 12.1 Å². The van der Waals surface area contributed by atoms with Crippen LogP contribution < -0.4 is 5.32 Å². The number of carbonyl (C=O) groups excluding carboxylic acids is 1. The Morgan fingerprint density at radius 1 is 1.29 bits per heavy atom. The minimum atomic E-state index is -0.0690. The van der Waals surface area contributed by atoms with Gasteiger partial charge in [-0.3, -0.25) is 9.48 Å². The van der Waals surface area contributed by atoms with Gasteiger partial charge in [-0.1, -0.05) is 18.2 Å². The third-order valence-electron chi connectivity index (χ3n) is 3.51. The molecule has 0 bridgehead atoms. The first-order valence-corrected chi connectivity index (χ1v) is 7.05. The van der Waals surface area contributed by atoms with Crippen molar-refractivity contribution in [3.63, 3.8) is 0 Å². The number of nitrogens with one attached hydrogen (secondary N) is 1. The van der Waals surface area contributed by atoms with Crippen LogP contribution in [0.1, 0.15) is 16.8 Å². The van der Waals surface area contributed by atoms with Crippen molar-refractivity contribution in [2.75, 3.05) is 6.54 Å². The Morgan fingerprint density at radius 3 is 2.95 bits per heavy atom. The van der Waals surface area contributed by atoms with E-state index in [-0.39, 0.29) is 5.91 Å². The molecule has 5 heteroatoms. The Bertz CT molecular complexity index is 756. The predicted molar refractivity (Wildman–Crippen MR) is 82.1 cm³/mol. The molecule has 1 amide bonds. The minimum Gasteiger partial charge on any atom is -0.352 e. The molecule has 0 aliphatic carbocycles. The molecular formula is C16H18N4O. The third kappa shape index (κ3) is 2.97. The zero-order valence-corrected chi connectivity index (χ0v) is 12.0. The molecule has 21 heavy (non-hydrogen) atoms. The summed E-state index contributed by atoms with van der Waals surface area (Å²) < 4.78 is 3.84. The fraction of sp³-hybridized carbons (Fsp3) is 0.250. The molecule has 0 saturated heterocycles. The molecule has 108 valence electrons. The molecule has 3 rings (SSSR count). The van der Waals surface area contributed by atoms with Crippen molar-refractivity contribution in [1.82, 2.24) is 19.7 Å². The maximum atomic E-state index is 11.9. The second-order valence-electron chi connectivity index (χ2n) is 5.08. The van der Waals surface area contributed by atoms with Gasteiger partial charge >= 0.3 is 0 Å². The lowest BCUT2D eigenvalue weighted by Crippen LogP contribution is -2.24. The highest BCUT2D eigenvalue weighted by atomic mass is 16.1. The highest BCUT2D eigenvalue weighted by molar-refractivity contribution is 5.93. The van der Waals surface area contributed by atoms with E-state index in [2.05, 4.69) is 39.4 Å². The highest BCUT2D eigenvalue weighted by Gasteiger charge is 2.06. The molecule has 1 N–H and O–H groups in total. The largest absolute Gasteiger partial charge is 0.352 e. The van der Waals surface area contributed by atoms with E-state index < -0.39 is 0 Å². The van der Waals surface area contributed by atoms with E-state index in [0.717, 1.165) is 13.0 Å².